The van der Waals surface area contributed by atoms with Crippen LogP contribution in [0, 0.1) is 0 Å². The van der Waals surface area contributed by atoms with Crippen LogP contribution in [0.3, 0.4) is 0 Å². The van der Waals surface area contributed by atoms with Gasteiger partial charge in [0.2, 0.25) is 5.92 Å². The zero-order chi connectivity index (χ0) is 23.0. The first-order valence-corrected chi connectivity index (χ1v) is 11.6. The summed E-state index contributed by atoms with van der Waals surface area (Å²) in [6.07, 6.45) is 1.78. The number of rotatable bonds is 12. The first kappa shape index (κ1) is 23.9. The minimum atomic E-state index is -2.80. The van der Waals surface area contributed by atoms with E-state index >= 15 is 0 Å². The Balaban J connectivity index is 1.50. The summed E-state index contributed by atoms with van der Waals surface area (Å²) in [5.41, 5.74) is 2.57. The van der Waals surface area contributed by atoms with E-state index in [1.807, 2.05) is 18.2 Å². The summed E-state index contributed by atoms with van der Waals surface area (Å²) >= 11 is 1.71. The van der Waals surface area contributed by atoms with Gasteiger partial charge < -0.3 is 9.47 Å². The van der Waals surface area contributed by atoms with Crippen molar-refractivity contribution in [2.75, 3.05) is 13.2 Å². The molecule has 6 heteroatoms. The molecule has 0 saturated heterocycles. The summed E-state index contributed by atoms with van der Waals surface area (Å²) in [7, 11) is 0. The molecule has 0 atom stereocenters. The van der Waals surface area contributed by atoms with Gasteiger partial charge in [0.15, 0.2) is 0 Å². The molecule has 0 saturated carbocycles. The summed E-state index contributed by atoms with van der Waals surface area (Å²) in [6, 6.07) is 16.5. The zero-order valence-corrected chi connectivity index (χ0v) is 19.1. The minimum Gasteiger partial charge on any atom is -0.494 e. The van der Waals surface area contributed by atoms with Crippen molar-refractivity contribution in [2.24, 2.45) is 0 Å². The molecule has 0 unspecified atom stereocenters. The lowest BCUT2D eigenvalue weighted by molar-refractivity contribution is -0.138. The van der Waals surface area contributed by atoms with Crippen LogP contribution in [-0.2, 0) is 16.0 Å². The number of hydrogen-bond acceptors (Lipinski definition) is 4. The van der Waals surface area contributed by atoms with E-state index in [4.69, 9.17) is 9.47 Å². The van der Waals surface area contributed by atoms with Gasteiger partial charge >= 0.3 is 5.97 Å². The monoisotopic (exact) mass is 458 g/mol. The highest BCUT2D eigenvalue weighted by atomic mass is 32.1. The Kier molecular flexibility index (Phi) is 8.39. The van der Waals surface area contributed by atoms with E-state index in [-0.39, 0.29) is 38.9 Å². The Morgan fingerprint density at radius 1 is 1.09 bits per heavy atom. The molecule has 0 N–H and O–H groups in total. The number of fused-ring (bicyclic) bond motifs is 1. The molecule has 32 heavy (non-hydrogen) atoms. The van der Waals surface area contributed by atoms with Gasteiger partial charge in [-0.05, 0) is 60.0 Å². The molecule has 1 aromatic heterocycles. The van der Waals surface area contributed by atoms with Gasteiger partial charge in [0.05, 0.1) is 13.2 Å². The highest BCUT2D eigenvalue weighted by molar-refractivity contribution is 7.22. The molecule has 0 amide bonds. The molecule has 0 spiro atoms. The smallest absolute Gasteiger partial charge is 0.330 e. The average molecular weight is 459 g/mol. The fourth-order valence-corrected chi connectivity index (χ4v) is 4.66. The van der Waals surface area contributed by atoms with Crippen LogP contribution >= 0.6 is 11.3 Å². The number of carbonyl (C=O) groups excluding carboxylic acids is 1. The third kappa shape index (κ3) is 6.63. The van der Waals surface area contributed by atoms with Crippen LogP contribution in [0.2, 0.25) is 0 Å². The number of aryl methyl sites for hydroxylation is 1. The molecular weight excluding hydrogens is 430 g/mol. The third-order valence-corrected chi connectivity index (χ3v) is 6.34. The van der Waals surface area contributed by atoms with Crippen molar-refractivity contribution in [1.82, 2.24) is 0 Å². The van der Waals surface area contributed by atoms with Gasteiger partial charge in [-0.3, -0.25) is 0 Å². The molecular formula is C26H28F2O3S. The molecule has 3 rings (SSSR count). The van der Waals surface area contributed by atoms with Gasteiger partial charge in [-0.2, -0.15) is 0 Å². The van der Waals surface area contributed by atoms with E-state index in [0.29, 0.717) is 5.75 Å². The number of halogens is 2. The average Bonchev–Trinajstić information content (AvgIpc) is 3.22. The van der Waals surface area contributed by atoms with Crippen LogP contribution in [0.1, 0.15) is 38.2 Å². The first-order chi connectivity index (χ1) is 15.4. The van der Waals surface area contributed by atoms with Gasteiger partial charge in [-0.1, -0.05) is 37.8 Å². The standard InChI is InChI=1S/C26H28F2O3S/c1-3-19-9-5-6-10-22(19)24-17-20-11-12-21(18-23(20)32-24)30-15-7-13-26(27,28)14-8-16-31-25(29)4-2/h4-6,9-12,17-18H,2-3,7-8,13-16H2,1H3. The Morgan fingerprint density at radius 3 is 2.59 bits per heavy atom. The SMILES string of the molecule is C=CC(=O)OCCCC(F)(F)CCCOc1ccc2cc(-c3ccccc3CC)sc2c1. The maximum Gasteiger partial charge on any atom is 0.330 e. The third-order valence-electron chi connectivity index (χ3n) is 5.21. The van der Waals surface area contributed by atoms with Gasteiger partial charge in [0.1, 0.15) is 5.75 Å². The second kappa shape index (κ2) is 11.2. The Labute approximate surface area is 191 Å². The van der Waals surface area contributed by atoms with Crippen LogP contribution in [0.15, 0.2) is 61.2 Å². The van der Waals surface area contributed by atoms with E-state index in [9.17, 15) is 13.6 Å². The van der Waals surface area contributed by atoms with Crippen molar-refractivity contribution >= 4 is 27.4 Å². The van der Waals surface area contributed by atoms with Crippen LogP contribution < -0.4 is 4.74 Å². The Morgan fingerprint density at radius 2 is 1.84 bits per heavy atom. The molecule has 0 aliphatic rings. The number of thiophene rings is 1. The van der Waals surface area contributed by atoms with Crippen molar-refractivity contribution < 1.29 is 23.0 Å². The Hall–Kier alpha value is -2.73. The summed E-state index contributed by atoms with van der Waals surface area (Å²) in [4.78, 5) is 12.1. The number of ether oxygens (including phenoxy) is 2. The Bertz CT molecular complexity index is 1060. The van der Waals surface area contributed by atoms with E-state index in [1.54, 1.807) is 11.3 Å². The predicted molar refractivity (Wildman–Crippen MR) is 127 cm³/mol. The predicted octanol–water partition coefficient (Wildman–Crippen LogP) is 7.43. The van der Waals surface area contributed by atoms with Crippen molar-refractivity contribution in [3.05, 3.63) is 66.7 Å². The lowest BCUT2D eigenvalue weighted by atomic mass is 10.0. The lowest BCUT2D eigenvalue weighted by Gasteiger charge is -2.16. The highest BCUT2D eigenvalue weighted by Crippen LogP contribution is 2.37. The molecule has 3 nitrogen and oxygen atoms in total. The maximum atomic E-state index is 14.0. The summed E-state index contributed by atoms with van der Waals surface area (Å²) in [5, 5.41) is 1.15. The van der Waals surface area contributed by atoms with Gasteiger partial charge in [0, 0.05) is 28.5 Å². The molecule has 0 aliphatic heterocycles. The molecule has 0 aliphatic carbocycles. The summed E-state index contributed by atoms with van der Waals surface area (Å²) in [6.45, 7) is 5.62. The van der Waals surface area contributed by atoms with E-state index < -0.39 is 11.9 Å². The quantitative estimate of drug-likeness (QED) is 0.161. The fourth-order valence-electron chi connectivity index (χ4n) is 3.51. The van der Waals surface area contributed by atoms with Crippen molar-refractivity contribution in [3.63, 3.8) is 0 Å². The number of esters is 1. The topological polar surface area (TPSA) is 35.5 Å². The van der Waals surface area contributed by atoms with Gasteiger partial charge in [-0.25, -0.2) is 13.6 Å². The molecule has 0 fully saturated rings. The van der Waals surface area contributed by atoms with Crippen molar-refractivity contribution in [2.45, 2.75) is 45.0 Å². The normalized spacial score (nSPS) is 11.5. The zero-order valence-electron chi connectivity index (χ0n) is 18.2. The summed E-state index contributed by atoms with van der Waals surface area (Å²) in [5.74, 6) is -2.70. The van der Waals surface area contributed by atoms with Crippen LogP contribution in [0.25, 0.3) is 20.5 Å². The van der Waals surface area contributed by atoms with Crippen molar-refractivity contribution in [1.29, 1.82) is 0 Å². The number of alkyl halides is 2. The second-order valence-corrected chi connectivity index (χ2v) is 8.69. The van der Waals surface area contributed by atoms with E-state index in [1.165, 1.54) is 16.0 Å². The highest BCUT2D eigenvalue weighted by Gasteiger charge is 2.27. The number of benzene rings is 2. The van der Waals surface area contributed by atoms with E-state index in [2.05, 4.69) is 43.8 Å². The van der Waals surface area contributed by atoms with Crippen LogP contribution in [0.5, 0.6) is 5.75 Å². The fraction of sp³-hybridized carbons (Fsp3) is 0.346. The first-order valence-electron chi connectivity index (χ1n) is 10.8. The molecule has 3 aromatic rings. The lowest BCUT2D eigenvalue weighted by Crippen LogP contribution is -2.18. The molecule has 170 valence electrons. The van der Waals surface area contributed by atoms with Crippen molar-refractivity contribution in [3.8, 4) is 16.2 Å². The summed E-state index contributed by atoms with van der Waals surface area (Å²) < 4.78 is 39.5. The molecule has 2 aromatic carbocycles. The largest absolute Gasteiger partial charge is 0.494 e. The number of hydrogen-bond donors (Lipinski definition) is 0. The van der Waals surface area contributed by atoms with Gasteiger partial charge in [-0.15, -0.1) is 11.3 Å². The van der Waals surface area contributed by atoms with Crippen LogP contribution in [-0.4, -0.2) is 25.1 Å². The minimum absolute atomic E-state index is 0.0253. The molecule has 1 heterocycles. The molecule has 0 radical (unpaired) electrons. The number of carbonyl (C=O) groups is 1. The van der Waals surface area contributed by atoms with Gasteiger partial charge in [0.25, 0.3) is 0 Å². The maximum absolute atomic E-state index is 14.0. The van der Waals surface area contributed by atoms with Crippen LogP contribution in [0.4, 0.5) is 8.78 Å². The molecule has 0 bridgehead atoms. The second-order valence-electron chi connectivity index (χ2n) is 7.60. The van der Waals surface area contributed by atoms with E-state index in [0.717, 1.165) is 22.6 Å².